The van der Waals surface area contributed by atoms with Crippen LogP contribution in [0.25, 0.3) is 0 Å². The molecule has 1 amide bonds. The number of benzene rings is 2. The van der Waals surface area contributed by atoms with E-state index in [1.165, 1.54) is 24.3 Å². The molecule has 0 aromatic heterocycles. The minimum Gasteiger partial charge on any atom is -0.325 e. The van der Waals surface area contributed by atoms with Gasteiger partial charge in [0.15, 0.2) is 0 Å². The normalized spacial score (nSPS) is 20.8. The molecule has 0 radical (unpaired) electrons. The number of halogens is 2. The highest BCUT2D eigenvalue weighted by Gasteiger charge is 2.30. The van der Waals surface area contributed by atoms with Crippen LogP contribution in [-0.4, -0.2) is 11.9 Å². The summed E-state index contributed by atoms with van der Waals surface area (Å²) in [7, 11) is 0. The number of amides is 1. The molecule has 2 atom stereocenters. The van der Waals surface area contributed by atoms with Crippen LogP contribution in [0.2, 0.25) is 5.02 Å². The number of carbonyl (C=O) groups is 1. The Morgan fingerprint density at radius 2 is 1.95 bits per heavy atom. The predicted molar refractivity (Wildman–Crippen MR) is 83.9 cm³/mol. The molecular formula is C16H15ClFN3O. The van der Waals surface area contributed by atoms with E-state index < -0.39 is 0 Å². The number of hydrogen-bond acceptors (Lipinski definition) is 3. The van der Waals surface area contributed by atoms with Crippen molar-refractivity contribution in [1.82, 2.24) is 10.9 Å². The van der Waals surface area contributed by atoms with Gasteiger partial charge in [0.25, 0.3) is 0 Å². The third-order valence-corrected chi connectivity index (χ3v) is 3.82. The molecule has 1 saturated heterocycles. The zero-order chi connectivity index (χ0) is 15.5. The molecule has 3 rings (SSSR count). The summed E-state index contributed by atoms with van der Waals surface area (Å²) in [6, 6.07) is 12.9. The summed E-state index contributed by atoms with van der Waals surface area (Å²) in [5.41, 5.74) is 7.67. The van der Waals surface area contributed by atoms with Crippen molar-refractivity contribution in [3.63, 3.8) is 0 Å². The Hall–Kier alpha value is -1.95. The van der Waals surface area contributed by atoms with Crippen molar-refractivity contribution in [2.75, 3.05) is 5.32 Å². The minimum absolute atomic E-state index is 0.0164. The number of anilines is 1. The van der Waals surface area contributed by atoms with Gasteiger partial charge in [-0.3, -0.25) is 4.79 Å². The molecule has 0 spiro atoms. The molecule has 22 heavy (non-hydrogen) atoms. The Bertz CT molecular complexity index is 677. The molecule has 6 heteroatoms. The fourth-order valence-corrected chi connectivity index (χ4v) is 2.63. The molecule has 114 valence electrons. The Balaban J connectivity index is 1.62. The van der Waals surface area contributed by atoms with Gasteiger partial charge in [0.1, 0.15) is 11.9 Å². The maximum absolute atomic E-state index is 12.9. The third-order valence-electron chi connectivity index (χ3n) is 3.58. The quantitative estimate of drug-likeness (QED) is 0.815. The van der Waals surface area contributed by atoms with Crippen molar-refractivity contribution in [3.05, 3.63) is 64.9 Å². The lowest BCUT2D eigenvalue weighted by molar-refractivity contribution is -0.117. The van der Waals surface area contributed by atoms with E-state index in [0.717, 1.165) is 5.56 Å². The summed E-state index contributed by atoms with van der Waals surface area (Å²) in [5, 5.41) is 3.43. The molecule has 4 nitrogen and oxygen atoms in total. The van der Waals surface area contributed by atoms with Crippen LogP contribution in [0.3, 0.4) is 0 Å². The average molecular weight is 320 g/mol. The summed E-state index contributed by atoms with van der Waals surface area (Å²) < 4.78 is 12.9. The van der Waals surface area contributed by atoms with Crippen LogP contribution in [0.5, 0.6) is 0 Å². The summed E-state index contributed by atoms with van der Waals surface area (Å²) in [6.07, 6.45) is 0.605. The van der Waals surface area contributed by atoms with Gasteiger partial charge >= 0.3 is 0 Å². The number of rotatable bonds is 3. The lowest BCUT2D eigenvalue weighted by atomic mass is 10.0. The lowest BCUT2D eigenvalue weighted by Crippen LogP contribution is -2.39. The zero-order valence-corrected chi connectivity index (χ0v) is 12.4. The van der Waals surface area contributed by atoms with E-state index in [4.69, 9.17) is 11.6 Å². The van der Waals surface area contributed by atoms with Gasteiger partial charge in [-0.15, -0.1) is 0 Å². The van der Waals surface area contributed by atoms with Gasteiger partial charge in [-0.1, -0.05) is 23.7 Å². The van der Waals surface area contributed by atoms with Crippen molar-refractivity contribution in [2.45, 2.75) is 18.5 Å². The largest absolute Gasteiger partial charge is 0.325 e. The number of hydrazine groups is 1. The molecule has 1 fully saturated rings. The SMILES string of the molecule is O=C(Nc1ccc(F)cc1)C1CC(c2cccc(Cl)c2)NN1. The number of hydrogen-bond donors (Lipinski definition) is 3. The van der Waals surface area contributed by atoms with E-state index in [9.17, 15) is 9.18 Å². The highest BCUT2D eigenvalue weighted by molar-refractivity contribution is 6.30. The van der Waals surface area contributed by atoms with Crippen LogP contribution in [0.1, 0.15) is 18.0 Å². The molecule has 2 aromatic rings. The Morgan fingerprint density at radius 1 is 1.18 bits per heavy atom. The molecule has 0 bridgehead atoms. The molecule has 3 N–H and O–H groups in total. The predicted octanol–water partition coefficient (Wildman–Crippen LogP) is 3.03. The highest BCUT2D eigenvalue weighted by Crippen LogP contribution is 2.25. The van der Waals surface area contributed by atoms with Gasteiger partial charge in [-0.25, -0.2) is 15.2 Å². The zero-order valence-electron chi connectivity index (χ0n) is 11.6. The molecule has 1 aliphatic heterocycles. The van der Waals surface area contributed by atoms with Gasteiger partial charge in [0, 0.05) is 16.8 Å². The third kappa shape index (κ3) is 3.44. The molecule has 2 unspecified atom stereocenters. The van der Waals surface area contributed by atoms with Crippen molar-refractivity contribution in [3.8, 4) is 0 Å². The van der Waals surface area contributed by atoms with E-state index >= 15 is 0 Å². The van der Waals surface area contributed by atoms with E-state index in [2.05, 4.69) is 16.2 Å². The summed E-state index contributed by atoms with van der Waals surface area (Å²) in [4.78, 5) is 12.2. The fraction of sp³-hybridized carbons (Fsp3) is 0.188. The highest BCUT2D eigenvalue weighted by atomic mass is 35.5. The smallest absolute Gasteiger partial charge is 0.242 e. The Morgan fingerprint density at radius 3 is 2.68 bits per heavy atom. The summed E-state index contributed by atoms with van der Waals surface area (Å²) >= 11 is 5.98. The second kappa shape index (κ2) is 6.44. The van der Waals surface area contributed by atoms with Gasteiger partial charge in [0.2, 0.25) is 5.91 Å². The maximum atomic E-state index is 12.9. The van der Waals surface area contributed by atoms with E-state index in [1.54, 1.807) is 0 Å². The second-order valence-corrected chi connectivity index (χ2v) is 5.62. The summed E-state index contributed by atoms with van der Waals surface area (Å²) in [6.45, 7) is 0. The van der Waals surface area contributed by atoms with E-state index in [0.29, 0.717) is 17.1 Å². The summed E-state index contributed by atoms with van der Waals surface area (Å²) in [5.74, 6) is -0.497. The first-order valence-electron chi connectivity index (χ1n) is 6.95. The van der Waals surface area contributed by atoms with Gasteiger partial charge in [0.05, 0.1) is 0 Å². The average Bonchev–Trinajstić information content (AvgIpc) is 3.00. The standard InChI is InChI=1S/C16H15ClFN3O/c17-11-3-1-2-10(8-11)14-9-15(21-20-14)16(22)19-13-6-4-12(18)5-7-13/h1-8,14-15,20-21H,9H2,(H,19,22). The molecule has 1 heterocycles. The van der Waals surface area contributed by atoms with E-state index in [-0.39, 0.29) is 23.8 Å². The van der Waals surface area contributed by atoms with Gasteiger partial charge in [-0.05, 0) is 48.4 Å². The van der Waals surface area contributed by atoms with E-state index in [1.807, 2.05) is 24.3 Å². The van der Waals surface area contributed by atoms with Crippen molar-refractivity contribution in [2.24, 2.45) is 0 Å². The Labute approximate surface area is 132 Å². The monoisotopic (exact) mass is 319 g/mol. The first kappa shape index (κ1) is 15.0. The van der Waals surface area contributed by atoms with Crippen molar-refractivity contribution in [1.29, 1.82) is 0 Å². The fourth-order valence-electron chi connectivity index (χ4n) is 2.43. The molecule has 0 saturated carbocycles. The number of carbonyl (C=O) groups excluding carboxylic acids is 1. The topological polar surface area (TPSA) is 53.2 Å². The minimum atomic E-state index is -0.367. The molecule has 1 aliphatic rings. The van der Waals surface area contributed by atoms with Crippen LogP contribution >= 0.6 is 11.6 Å². The maximum Gasteiger partial charge on any atom is 0.242 e. The van der Waals surface area contributed by atoms with Crippen LogP contribution in [0.15, 0.2) is 48.5 Å². The van der Waals surface area contributed by atoms with Crippen LogP contribution in [0, 0.1) is 5.82 Å². The van der Waals surface area contributed by atoms with Crippen LogP contribution < -0.4 is 16.2 Å². The van der Waals surface area contributed by atoms with Gasteiger partial charge in [-0.2, -0.15) is 0 Å². The van der Waals surface area contributed by atoms with Gasteiger partial charge < -0.3 is 5.32 Å². The molecular weight excluding hydrogens is 305 g/mol. The first-order valence-corrected chi connectivity index (χ1v) is 7.32. The second-order valence-electron chi connectivity index (χ2n) is 5.18. The number of nitrogens with one attached hydrogen (secondary N) is 3. The molecule has 2 aromatic carbocycles. The van der Waals surface area contributed by atoms with Crippen LogP contribution in [0.4, 0.5) is 10.1 Å². The van der Waals surface area contributed by atoms with Crippen LogP contribution in [-0.2, 0) is 4.79 Å². The first-order chi connectivity index (χ1) is 10.6. The van der Waals surface area contributed by atoms with Crippen molar-refractivity contribution < 1.29 is 9.18 Å². The van der Waals surface area contributed by atoms with Crippen molar-refractivity contribution >= 4 is 23.2 Å². The molecule has 0 aliphatic carbocycles. The lowest BCUT2D eigenvalue weighted by Gasteiger charge is -2.11. The Kier molecular flexibility index (Phi) is 4.38.